The van der Waals surface area contributed by atoms with Crippen LogP contribution in [-0.4, -0.2) is 32.9 Å². The Morgan fingerprint density at radius 2 is 1.62 bits per heavy atom. The molecule has 0 aliphatic heterocycles. The van der Waals surface area contributed by atoms with E-state index in [1.54, 1.807) is 0 Å². The van der Waals surface area contributed by atoms with E-state index in [0.29, 0.717) is 0 Å². The summed E-state index contributed by atoms with van der Waals surface area (Å²) in [5, 5.41) is 11.2. The molecule has 0 spiro atoms. The van der Waals surface area contributed by atoms with Gasteiger partial charge in [-0.25, -0.2) is 0 Å². The SMILES string of the molecule is CCC[CH2][Sn]([CH2]CCC)([CH2]CCC)[c]1c(C#N)c2cnc(C)nc2n1C1=CC=C1. The minimum absolute atomic E-state index is 0.771. The van der Waals surface area contributed by atoms with Crippen molar-refractivity contribution in [2.45, 2.75) is 79.5 Å². The molecule has 5 heteroatoms. The van der Waals surface area contributed by atoms with Gasteiger partial charge in [0.2, 0.25) is 0 Å². The number of unbranched alkanes of at least 4 members (excludes halogenated alkanes) is 3. The fourth-order valence-corrected chi connectivity index (χ4v) is 21.7. The van der Waals surface area contributed by atoms with Crippen molar-refractivity contribution in [3.63, 3.8) is 0 Å². The van der Waals surface area contributed by atoms with Crippen molar-refractivity contribution >= 4 is 38.8 Å². The maximum atomic E-state index is 10.3. The summed E-state index contributed by atoms with van der Waals surface area (Å²) in [5.41, 5.74) is 3.00. The first-order valence-electron chi connectivity index (χ1n) is 11.3. The van der Waals surface area contributed by atoms with Gasteiger partial charge in [0, 0.05) is 0 Å². The molecule has 0 N–H and O–H groups in total. The van der Waals surface area contributed by atoms with E-state index in [9.17, 15) is 5.26 Å². The Labute approximate surface area is 179 Å². The zero-order valence-corrected chi connectivity index (χ0v) is 21.3. The van der Waals surface area contributed by atoms with Crippen LogP contribution in [0.2, 0.25) is 13.3 Å². The molecule has 0 fully saturated rings. The number of nitrogens with zero attached hydrogens (tertiary/aromatic N) is 4. The van der Waals surface area contributed by atoms with Gasteiger partial charge in [0.05, 0.1) is 0 Å². The quantitative estimate of drug-likeness (QED) is 0.354. The normalized spacial score (nSPS) is 13.4. The number of rotatable bonds is 11. The van der Waals surface area contributed by atoms with Crippen molar-refractivity contribution in [3.8, 4) is 6.07 Å². The maximum absolute atomic E-state index is 10.3. The summed E-state index contributed by atoms with van der Waals surface area (Å²) in [6.07, 6.45) is 15.8. The molecule has 0 saturated heterocycles. The Hall–Kier alpha value is -1.61. The second-order valence-electron chi connectivity index (χ2n) is 8.37. The van der Waals surface area contributed by atoms with Crippen molar-refractivity contribution < 1.29 is 0 Å². The zero-order chi connectivity index (χ0) is 20.9. The van der Waals surface area contributed by atoms with E-state index < -0.39 is 18.4 Å². The van der Waals surface area contributed by atoms with Gasteiger partial charge in [-0.15, -0.1) is 0 Å². The van der Waals surface area contributed by atoms with Crippen LogP contribution in [0.1, 0.15) is 70.7 Å². The Bertz CT molecular complexity index is 940. The van der Waals surface area contributed by atoms with Crippen molar-refractivity contribution in [1.29, 1.82) is 5.26 Å². The van der Waals surface area contributed by atoms with Crippen LogP contribution in [0.4, 0.5) is 0 Å². The molecule has 0 unspecified atom stereocenters. The average molecular weight is 497 g/mol. The third kappa shape index (κ3) is 4.30. The molecule has 29 heavy (non-hydrogen) atoms. The molecule has 154 valence electrons. The molecule has 4 nitrogen and oxygen atoms in total. The zero-order valence-electron chi connectivity index (χ0n) is 18.5. The third-order valence-corrected chi connectivity index (χ3v) is 21.7. The molecule has 0 saturated carbocycles. The second-order valence-corrected chi connectivity index (χ2v) is 21.3. The predicted octanol–water partition coefficient (Wildman–Crippen LogP) is 6.08. The fourth-order valence-electron chi connectivity index (χ4n) is 4.62. The third-order valence-electron chi connectivity index (χ3n) is 6.26. The summed E-state index contributed by atoms with van der Waals surface area (Å²) in [4.78, 5) is 9.27. The summed E-state index contributed by atoms with van der Waals surface area (Å²) in [6, 6.07) is 2.62. The number of fused-ring (bicyclic) bond motifs is 1. The van der Waals surface area contributed by atoms with Crippen LogP contribution >= 0.6 is 0 Å². The van der Waals surface area contributed by atoms with Gasteiger partial charge in [-0.3, -0.25) is 0 Å². The number of hydrogen-bond donors (Lipinski definition) is 0. The average Bonchev–Trinajstić information content (AvgIpc) is 3.00. The predicted molar refractivity (Wildman–Crippen MR) is 125 cm³/mol. The molecule has 0 amide bonds. The Morgan fingerprint density at radius 1 is 1.03 bits per heavy atom. The molecule has 2 aromatic rings. The molecule has 1 aliphatic carbocycles. The first-order chi connectivity index (χ1) is 14.1. The van der Waals surface area contributed by atoms with Gasteiger partial charge in [-0.05, 0) is 0 Å². The van der Waals surface area contributed by atoms with Gasteiger partial charge < -0.3 is 0 Å². The molecule has 2 aromatic heterocycles. The van der Waals surface area contributed by atoms with Crippen LogP contribution < -0.4 is 3.71 Å². The minimum atomic E-state index is -2.86. The van der Waals surface area contributed by atoms with E-state index in [0.717, 1.165) is 22.4 Å². The van der Waals surface area contributed by atoms with Gasteiger partial charge in [0.15, 0.2) is 0 Å². The van der Waals surface area contributed by atoms with Crippen molar-refractivity contribution in [1.82, 2.24) is 14.5 Å². The van der Waals surface area contributed by atoms with Gasteiger partial charge in [-0.2, -0.15) is 0 Å². The van der Waals surface area contributed by atoms with E-state index in [4.69, 9.17) is 4.98 Å². The van der Waals surface area contributed by atoms with Gasteiger partial charge in [0.25, 0.3) is 0 Å². The molecular weight excluding hydrogens is 463 g/mol. The number of aromatic nitrogens is 3. The van der Waals surface area contributed by atoms with Crippen LogP contribution in [0.25, 0.3) is 16.7 Å². The molecule has 0 radical (unpaired) electrons. The van der Waals surface area contributed by atoms with Crippen LogP contribution in [0.5, 0.6) is 0 Å². The van der Waals surface area contributed by atoms with Gasteiger partial charge in [-0.1, -0.05) is 0 Å². The monoisotopic (exact) mass is 498 g/mol. The first-order valence-corrected chi connectivity index (χ1v) is 18.8. The second kappa shape index (κ2) is 9.93. The van der Waals surface area contributed by atoms with Crippen LogP contribution in [-0.2, 0) is 0 Å². The van der Waals surface area contributed by atoms with E-state index in [-0.39, 0.29) is 0 Å². The van der Waals surface area contributed by atoms with Crippen LogP contribution in [0.15, 0.2) is 24.4 Å². The number of nitriles is 1. The van der Waals surface area contributed by atoms with E-state index in [1.165, 1.54) is 61.2 Å². The summed E-state index contributed by atoms with van der Waals surface area (Å²) in [7, 11) is 0. The molecule has 0 atom stereocenters. The molecule has 2 heterocycles. The van der Waals surface area contributed by atoms with Crippen molar-refractivity contribution in [2.24, 2.45) is 0 Å². The fraction of sp³-hybridized carbons (Fsp3) is 0.542. The van der Waals surface area contributed by atoms with E-state index >= 15 is 0 Å². The van der Waals surface area contributed by atoms with Gasteiger partial charge in [0.1, 0.15) is 0 Å². The van der Waals surface area contributed by atoms with Crippen molar-refractivity contribution in [2.75, 3.05) is 0 Å². The van der Waals surface area contributed by atoms with Crippen molar-refractivity contribution in [3.05, 3.63) is 35.8 Å². The molecular formula is C24H34N4Sn. The summed E-state index contributed by atoms with van der Waals surface area (Å²) in [5.74, 6) is 0.771. The Balaban J connectivity index is 2.33. The Kier molecular flexibility index (Phi) is 7.56. The van der Waals surface area contributed by atoms with E-state index in [1.807, 2.05) is 13.1 Å². The summed E-state index contributed by atoms with van der Waals surface area (Å²) in [6.45, 7) is 8.82. The van der Waals surface area contributed by atoms with E-state index in [2.05, 4.69) is 54.6 Å². The van der Waals surface area contributed by atoms with Crippen LogP contribution in [0, 0.1) is 18.3 Å². The summed E-state index contributed by atoms with van der Waals surface area (Å²) < 4.78 is 7.76. The molecule has 3 rings (SSSR count). The summed E-state index contributed by atoms with van der Waals surface area (Å²) >= 11 is -2.86. The standard InChI is InChI=1S/C12H7N4.3C4H9.Sn/c1-8-14-6-11-9(5-13)7-16(12(11)15-8)10-3-2-4-10;3*1-3-4-2;/h2-4,6H,1H3;3*1,3-4H2,2H3;. The first kappa shape index (κ1) is 22.1. The van der Waals surface area contributed by atoms with Gasteiger partial charge >= 0.3 is 180 Å². The molecule has 0 bridgehead atoms. The number of allylic oxidation sites excluding steroid dienone is 4. The Morgan fingerprint density at radius 3 is 2.07 bits per heavy atom. The number of hydrogen-bond acceptors (Lipinski definition) is 3. The topological polar surface area (TPSA) is 54.5 Å². The molecule has 0 aromatic carbocycles. The molecule has 1 aliphatic rings. The van der Waals surface area contributed by atoms with Crippen LogP contribution in [0.3, 0.4) is 0 Å². The number of aryl methyl sites for hydroxylation is 1.